The third kappa shape index (κ3) is 2.28. The number of ether oxygens (including phenoxy) is 1. The highest BCUT2D eigenvalue weighted by atomic mass is 79.9. The summed E-state index contributed by atoms with van der Waals surface area (Å²) < 4.78 is 6.24. The molecule has 0 aliphatic heterocycles. The number of aryl methyl sites for hydroxylation is 1. The first kappa shape index (κ1) is 11.5. The normalized spacial score (nSPS) is 12.6. The standard InChI is InChI=1S/C11H16BrNO/c1-7-4-10(12)11(14-3)5-9(7)8(2)6-13/h4-5,8H,6,13H2,1-3H3. The largest absolute Gasteiger partial charge is 0.496 e. The molecule has 1 aromatic carbocycles. The van der Waals surface area contributed by atoms with E-state index in [0.717, 1.165) is 10.2 Å². The molecule has 0 radical (unpaired) electrons. The minimum absolute atomic E-state index is 0.372. The van der Waals surface area contributed by atoms with Gasteiger partial charge in [0.2, 0.25) is 0 Å². The van der Waals surface area contributed by atoms with Crippen molar-refractivity contribution in [2.45, 2.75) is 19.8 Å². The second-order valence-corrected chi connectivity index (χ2v) is 4.33. The molecule has 0 bridgehead atoms. The van der Waals surface area contributed by atoms with Crippen LogP contribution in [-0.2, 0) is 0 Å². The van der Waals surface area contributed by atoms with Crippen LogP contribution >= 0.6 is 15.9 Å². The summed E-state index contributed by atoms with van der Waals surface area (Å²) in [6.07, 6.45) is 0. The van der Waals surface area contributed by atoms with Gasteiger partial charge in [0.05, 0.1) is 11.6 Å². The van der Waals surface area contributed by atoms with E-state index in [1.807, 2.05) is 0 Å². The molecule has 0 saturated carbocycles. The average molecular weight is 258 g/mol. The first-order valence-corrected chi connectivity index (χ1v) is 5.43. The number of methoxy groups -OCH3 is 1. The molecule has 0 aliphatic rings. The second-order valence-electron chi connectivity index (χ2n) is 3.48. The molecule has 0 aromatic heterocycles. The van der Waals surface area contributed by atoms with Gasteiger partial charge in [-0.25, -0.2) is 0 Å². The summed E-state index contributed by atoms with van der Waals surface area (Å²) in [4.78, 5) is 0. The van der Waals surface area contributed by atoms with Crippen LogP contribution in [0.3, 0.4) is 0 Å². The van der Waals surface area contributed by atoms with Gasteiger partial charge in [-0.05, 0) is 58.6 Å². The first-order valence-electron chi connectivity index (χ1n) is 4.64. The molecule has 78 valence electrons. The Kier molecular flexibility index (Phi) is 3.96. The van der Waals surface area contributed by atoms with Gasteiger partial charge in [0.25, 0.3) is 0 Å². The van der Waals surface area contributed by atoms with Gasteiger partial charge in [0.15, 0.2) is 0 Å². The second kappa shape index (κ2) is 4.80. The van der Waals surface area contributed by atoms with Crippen LogP contribution in [0.1, 0.15) is 24.0 Å². The number of nitrogens with two attached hydrogens (primary N) is 1. The monoisotopic (exact) mass is 257 g/mol. The Hall–Kier alpha value is -0.540. The van der Waals surface area contributed by atoms with E-state index in [1.54, 1.807) is 7.11 Å². The van der Waals surface area contributed by atoms with E-state index in [-0.39, 0.29) is 0 Å². The lowest BCUT2D eigenvalue weighted by molar-refractivity contribution is 0.411. The molecule has 0 aliphatic carbocycles. The lowest BCUT2D eigenvalue weighted by atomic mass is 9.96. The van der Waals surface area contributed by atoms with Crippen LogP contribution in [0.15, 0.2) is 16.6 Å². The Balaban J connectivity index is 3.17. The van der Waals surface area contributed by atoms with E-state index >= 15 is 0 Å². The zero-order chi connectivity index (χ0) is 10.7. The molecular weight excluding hydrogens is 242 g/mol. The Bertz CT molecular complexity index is 325. The summed E-state index contributed by atoms with van der Waals surface area (Å²) in [7, 11) is 1.67. The van der Waals surface area contributed by atoms with Crippen molar-refractivity contribution in [3.05, 3.63) is 27.7 Å². The molecule has 2 nitrogen and oxygen atoms in total. The molecule has 0 spiro atoms. The van der Waals surface area contributed by atoms with Crippen molar-refractivity contribution in [2.24, 2.45) is 5.73 Å². The van der Waals surface area contributed by atoms with Gasteiger partial charge >= 0.3 is 0 Å². The fourth-order valence-corrected chi connectivity index (χ4v) is 2.10. The van der Waals surface area contributed by atoms with E-state index in [9.17, 15) is 0 Å². The molecule has 3 heteroatoms. The Morgan fingerprint density at radius 2 is 2.14 bits per heavy atom. The molecule has 2 N–H and O–H groups in total. The van der Waals surface area contributed by atoms with Crippen molar-refractivity contribution in [2.75, 3.05) is 13.7 Å². The summed E-state index contributed by atoms with van der Waals surface area (Å²) in [6.45, 7) is 4.87. The quantitative estimate of drug-likeness (QED) is 0.904. The maximum Gasteiger partial charge on any atom is 0.133 e. The number of benzene rings is 1. The summed E-state index contributed by atoms with van der Waals surface area (Å²) in [6, 6.07) is 4.12. The van der Waals surface area contributed by atoms with Crippen molar-refractivity contribution in [3.8, 4) is 5.75 Å². The molecule has 1 unspecified atom stereocenters. The van der Waals surface area contributed by atoms with Gasteiger partial charge in [0, 0.05) is 0 Å². The number of halogens is 1. The molecular formula is C11H16BrNO. The van der Waals surface area contributed by atoms with E-state index in [2.05, 4.69) is 41.9 Å². The van der Waals surface area contributed by atoms with Crippen LogP contribution < -0.4 is 10.5 Å². The predicted octanol–water partition coefficient (Wildman–Crippen LogP) is 2.83. The maximum atomic E-state index is 5.65. The molecule has 0 saturated heterocycles. The van der Waals surface area contributed by atoms with Crippen molar-refractivity contribution >= 4 is 15.9 Å². The van der Waals surface area contributed by atoms with Crippen molar-refractivity contribution in [1.82, 2.24) is 0 Å². The highest BCUT2D eigenvalue weighted by Crippen LogP contribution is 2.31. The zero-order valence-electron chi connectivity index (χ0n) is 8.80. The topological polar surface area (TPSA) is 35.2 Å². The van der Waals surface area contributed by atoms with Gasteiger partial charge in [-0.15, -0.1) is 0 Å². The number of hydrogen-bond acceptors (Lipinski definition) is 2. The van der Waals surface area contributed by atoms with Crippen molar-refractivity contribution in [3.63, 3.8) is 0 Å². The summed E-state index contributed by atoms with van der Waals surface area (Å²) in [5.74, 6) is 1.24. The van der Waals surface area contributed by atoms with Crippen LogP contribution in [0.4, 0.5) is 0 Å². The Morgan fingerprint density at radius 3 is 2.64 bits per heavy atom. The van der Waals surface area contributed by atoms with E-state index < -0.39 is 0 Å². The molecule has 0 amide bonds. The van der Waals surface area contributed by atoms with Crippen LogP contribution in [0.5, 0.6) is 5.75 Å². The van der Waals surface area contributed by atoms with Crippen LogP contribution in [0, 0.1) is 6.92 Å². The van der Waals surface area contributed by atoms with Crippen LogP contribution in [0.2, 0.25) is 0 Å². The first-order chi connectivity index (χ1) is 6.60. The molecule has 1 aromatic rings. The average Bonchev–Trinajstić information content (AvgIpc) is 2.17. The lowest BCUT2D eigenvalue weighted by Gasteiger charge is -2.15. The summed E-state index contributed by atoms with van der Waals surface area (Å²) >= 11 is 3.46. The van der Waals surface area contributed by atoms with E-state index in [4.69, 9.17) is 10.5 Å². The van der Waals surface area contributed by atoms with Crippen LogP contribution in [0.25, 0.3) is 0 Å². The minimum atomic E-state index is 0.372. The van der Waals surface area contributed by atoms with E-state index in [0.29, 0.717) is 12.5 Å². The third-order valence-corrected chi connectivity index (χ3v) is 3.04. The zero-order valence-corrected chi connectivity index (χ0v) is 10.4. The lowest BCUT2D eigenvalue weighted by Crippen LogP contribution is -2.10. The fraction of sp³-hybridized carbons (Fsp3) is 0.455. The molecule has 14 heavy (non-hydrogen) atoms. The Labute approximate surface area is 93.6 Å². The minimum Gasteiger partial charge on any atom is -0.496 e. The Morgan fingerprint density at radius 1 is 1.50 bits per heavy atom. The predicted molar refractivity (Wildman–Crippen MR) is 62.9 cm³/mol. The van der Waals surface area contributed by atoms with Gasteiger partial charge in [-0.2, -0.15) is 0 Å². The molecule has 1 rings (SSSR count). The SMILES string of the molecule is COc1cc(C(C)CN)c(C)cc1Br. The molecule has 1 atom stereocenters. The van der Waals surface area contributed by atoms with Gasteiger partial charge in [-0.1, -0.05) is 6.92 Å². The van der Waals surface area contributed by atoms with Gasteiger partial charge in [-0.3, -0.25) is 0 Å². The van der Waals surface area contributed by atoms with Crippen molar-refractivity contribution in [1.29, 1.82) is 0 Å². The van der Waals surface area contributed by atoms with Gasteiger partial charge in [0.1, 0.15) is 5.75 Å². The highest BCUT2D eigenvalue weighted by Gasteiger charge is 2.10. The van der Waals surface area contributed by atoms with E-state index in [1.165, 1.54) is 11.1 Å². The number of hydrogen-bond donors (Lipinski definition) is 1. The highest BCUT2D eigenvalue weighted by molar-refractivity contribution is 9.10. The summed E-state index contributed by atoms with van der Waals surface area (Å²) in [5, 5.41) is 0. The number of rotatable bonds is 3. The van der Waals surface area contributed by atoms with Crippen LogP contribution in [-0.4, -0.2) is 13.7 Å². The molecule has 0 fully saturated rings. The third-order valence-electron chi connectivity index (χ3n) is 2.42. The summed E-state index contributed by atoms with van der Waals surface area (Å²) in [5.41, 5.74) is 8.15. The smallest absolute Gasteiger partial charge is 0.133 e. The maximum absolute atomic E-state index is 5.65. The molecule has 0 heterocycles. The fourth-order valence-electron chi connectivity index (χ4n) is 1.48. The van der Waals surface area contributed by atoms with Gasteiger partial charge < -0.3 is 10.5 Å². The van der Waals surface area contributed by atoms with Crippen molar-refractivity contribution < 1.29 is 4.74 Å².